The fraction of sp³-hybridized carbons (Fsp3) is 0.526. The van der Waals surface area contributed by atoms with Crippen LogP contribution in [0.5, 0.6) is 11.5 Å². The average molecular weight is 377 g/mol. The quantitative estimate of drug-likeness (QED) is 0.676. The molecular weight excluding hydrogens is 350 g/mol. The van der Waals surface area contributed by atoms with Crippen molar-refractivity contribution < 1.29 is 23.9 Å². The van der Waals surface area contributed by atoms with E-state index in [1.807, 2.05) is 13.8 Å². The molecule has 8 nitrogen and oxygen atoms in total. The molecule has 0 aliphatic carbocycles. The van der Waals surface area contributed by atoms with Gasteiger partial charge in [0.1, 0.15) is 23.6 Å². The zero-order chi connectivity index (χ0) is 20.2. The fourth-order valence-electron chi connectivity index (χ4n) is 3.23. The van der Waals surface area contributed by atoms with Gasteiger partial charge in [-0.1, -0.05) is 13.8 Å². The summed E-state index contributed by atoms with van der Waals surface area (Å²) in [6, 6.07) is 4.39. The summed E-state index contributed by atoms with van der Waals surface area (Å²) in [4.78, 5) is 38.2. The van der Waals surface area contributed by atoms with Crippen LogP contribution in [0.3, 0.4) is 0 Å². The van der Waals surface area contributed by atoms with E-state index in [0.29, 0.717) is 24.3 Å². The second-order valence-corrected chi connectivity index (χ2v) is 6.51. The van der Waals surface area contributed by atoms with E-state index in [2.05, 4.69) is 10.6 Å². The van der Waals surface area contributed by atoms with Crippen LogP contribution in [0, 0.1) is 0 Å². The maximum Gasteiger partial charge on any atom is 0.325 e. The fourth-order valence-corrected chi connectivity index (χ4v) is 3.23. The predicted molar refractivity (Wildman–Crippen MR) is 99.7 cm³/mol. The van der Waals surface area contributed by atoms with E-state index in [1.54, 1.807) is 32.2 Å². The van der Waals surface area contributed by atoms with Crippen molar-refractivity contribution in [3.8, 4) is 11.5 Å². The summed E-state index contributed by atoms with van der Waals surface area (Å²) < 4.78 is 10.5. The van der Waals surface area contributed by atoms with Gasteiger partial charge in [-0.25, -0.2) is 4.79 Å². The van der Waals surface area contributed by atoms with Crippen molar-refractivity contribution in [2.75, 3.05) is 20.8 Å². The highest BCUT2D eigenvalue weighted by Gasteiger charge is 2.49. The van der Waals surface area contributed by atoms with Crippen molar-refractivity contribution >= 4 is 17.8 Å². The molecule has 1 atom stereocenters. The van der Waals surface area contributed by atoms with Gasteiger partial charge in [0.25, 0.3) is 5.91 Å². The van der Waals surface area contributed by atoms with Gasteiger partial charge >= 0.3 is 6.03 Å². The molecule has 0 bridgehead atoms. The molecule has 1 unspecified atom stereocenters. The second-order valence-electron chi connectivity index (χ2n) is 6.51. The smallest absolute Gasteiger partial charge is 0.325 e. The van der Waals surface area contributed by atoms with Crippen LogP contribution < -0.4 is 20.1 Å². The lowest BCUT2D eigenvalue weighted by molar-refractivity contribution is -0.135. The largest absolute Gasteiger partial charge is 0.497 e. The Bertz CT molecular complexity index is 730. The maximum absolute atomic E-state index is 12.6. The average Bonchev–Trinajstić information content (AvgIpc) is 2.91. The van der Waals surface area contributed by atoms with Gasteiger partial charge in [-0.05, 0) is 31.9 Å². The van der Waals surface area contributed by atoms with Gasteiger partial charge in [-0.15, -0.1) is 0 Å². The molecule has 0 spiro atoms. The SMILES string of the molecule is CCC1(CC)NC(=O)N(CC(=O)NC(C)c2ccc(OC)cc2OC)C1=O. The molecule has 0 saturated carbocycles. The van der Waals surface area contributed by atoms with Crippen molar-refractivity contribution in [3.63, 3.8) is 0 Å². The Labute approximate surface area is 159 Å². The third kappa shape index (κ3) is 3.99. The van der Waals surface area contributed by atoms with Crippen molar-refractivity contribution in [2.45, 2.75) is 45.2 Å². The number of amides is 4. The van der Waals surface area contributed by atoms with Gasteiger partial charge in [-0.2, -0.15) is 0 Å². The highest BCUT2D eigenvalue weighted by molar-refractivity contribution is 6.09. The van der Waals surface area contributed by atoms with Gasteiger partial charge in [0.15, 0.2) is 0 Å². The maximum atomic E-state index is 12.6. The summed E-state index contributed by atoms with van der Waals surface area (Å²) in [5.41, 5.74) is -0.150. The molecule has 148 valence electrons. The van der Waals surface area contributed by atoms with E-state index in [0.717, 1.165) is 10.5 Å². The summed E-state index contributed by atoms with van der Waals surface area (Å²) >= 11 is 0. The van der Waals surface area contributed by atoms with Crippen molar-refractivity contribution in [3.05, 3.63) is 23.8 Å². The number of ether oxygens (including phenoxy) is 2. The topological polar surface area (TPSA) is 97.0 Å². The minimum Gasteiger partial charge on any atom is -0.497 e. The number of nitrogens with one attached hydrogen (secondary N) is 2. The van der Waals surface area contributed by atoms with Gasteiger partial charge in [0.05, 0.1) is 20.3 Å². The van der Waals surface area contributed by atoms with Crippen LogP contribution in [0.15, 0.2) is 18.2 Å². The van der Waals surface area contributed by atoms with Crippen LogP contribution in [0.25, 0.3) is 0 Å². The number of rotatable bonds is 8. The number of methoxy groups -OCH3 is 2. The van der Waals surface area contributed by atoms with E-state index in [9.17, 15) is 14.4 Å². The first-order valence-corrected chi connectivity index (χ1v) is 8.97. The number of nitrogens with zero attached hydrogens (tertiary/aromatic N) is 1. The summed E-state index contributed by atoms with van der Waals surface area (Å²) in [5, 5.41) is 5.52. The molecule has 8 heteroatoms. The normalized spacial score (nSPS) is 16.7. The molecule has 27 heavy (non-hydrogen) atoms. The van der Waals surface area contributed by atoms with Crippen molar-refractivity contribution in [1.29, 1.82) is 0 Å². The first kappa shape index (κ1) is 20.5. The molecule has 1 aromatic carbocycles. The number of benzene rings is 1. The number of hydrogen-bond donors (Lipinski definition) is 2. The van der Waals surface area contributed by atoms with Crippen LogP contribution in [0.2, 0.25) is 0 Å². The Morgan fingerprint density at radius 1 is 1.22 bits per heavy atom. The molecule has 1 aliphatic rings. The van der Waals surface area contributed by atoms with Gasteiger partial charge in [-0.3, -0.25) is 14.5 Å². The molecule has 2 N–H and O–H groups in total. The first-order chi connectivity index (χ1) is 12.8. The lowest BCUT2D eigenvalue weighted by Gasteiger charge is -2.23. The van der Waals surface area contributed by atoms with E-state index < -0.39 is 17.5 Å². The van der Waals surface area contributed by atoms with Crippen molar-refractivity contribution in [1.82, 2.24) is 15.5 Å². The number of urea groups is 1. The molecule has 2 rings (SSSR count). The molecule has 0 radical (unpaired) electrons. The Balaban J connectivity index is 2.08. The Morgan fingerprint density at radius 2 is 1.89 bits per heavy atom. The van der Waals surface area contributed by atoms with Crippen LogP contribution in [0.1, 0.15) is 45.2 Å². The molecule has 1 fully saturated rings. The minimum atomic E-state index is -0.915. The molecule has 1 heterocycles. The molecule has 0 aromatic heterocycles. The highest BCUT2D eigenvalue weighted by atomic mass is 16.5. The van der Waals surface area contributed by atoms with Crippen LogP contribution in [-0.2, 0) is 9.59 Å². The van der Waals surface area contributed by atoms with Crippen molar-refractivity contribution in [2.24, 2.45) is 0 Å². The Morgan fingerprint density at radius 3 is 2.41 bits per heavy atom. The summed E-state index contributed by atoms with van der Waals surface area (Å²) in [5.74, 6) is 0.436. The molecule has 1 saturated heterocycles. The lowest BCUT2D eigenvalue weighted by atomic mass is 9.93. The number of hydrogen-bond acceptors (Lipinski definition) is 5. The van der Waals surface area contributed by atoms with Gasteiger partial charge < -0.3 is 20.1 Å². The molecule has 4 amide bonds. The highest BCUT2D eigenvalue weighted by Crippen LogP contribution is 2.29. The standard InChI is InChI=1S/C19H27N3O5/c1-6-19(7-2)17(24)22(18(25)21-19)11-16(23)20-12(3)14-9-8-13(26-4)10-15(14)27-5/h8-10,12H,6-7,11H2,1-5H3,(H,20,23)(H,21,25). The minimum absolute atomic E-state index is 0.324. The molecule has 1 aliphatic heterocycles. The zero-order valence-electron chi connectivity index (χ0n) is 16.4. The summed E-state index contributed by atoms with van der Waals surface area (Å²) in [7, 11) is 3.10. The monoisotopic (exact) mass is 377 g/mol. The van der Waals surface area contributed by atoms with E-state index in [4.69, 9.17) is 9.47 Å². The van der Waals surface area contributed by atoms with E-state index in [-0.39, 0.29) is 18.5 Å². The zero-order valence-corrected chi connectivity index (χ0v) is 16.4. The molecular formula is C19H27N3O5. The van der Waals surface area contributed by atoms with Crippen LogP contribution in [-0.4, -0.2) is 49.0 Å². The first-order valence-electron chi connectivity index (χ1n) is 8.97. The summed E-state index contributed by atoms with van der Waals surface area (Å²) in [6.07, 6.45) is 0.956. The van der Waals surface area contributed by atoms with Gasteiger partial charge in [0.2, 0.25) is 5.91 Å². The van der Waals surface area contributed by atoms with E-state index >= 15 is 0 Å². The van der Waals surface area contributed by atoms with Gasteiger partial charge in [0, 0.05) is 11.6 Å². The van der Waals surface area contributed by atoms with E-state index in [1.165, 1.54) is 7.11 Å². The number of imide groups is 1. The van der Waals surface area contributed by atoms with Crippen LogP contribution in [0.4, 0.5) is 4.79 Å². The number of carbonyl (C=O) groups excluding carboxylic acids is 3. The lowest BCUT2D eigenvalue weighted by Crippen LogP contribution is -2.46. The third-order valence-corrected chi connectivity index (χ3v) is 5.04. The second kappa shape index (κ2) is 8.28. The Hall–Kier alpha value is -2.77. The van der Waals surface area contributed by atoms with Crippen LogP contribution >= 0.6 is 0 Å². The third-order valence-electron chi connectivity index (χ3n) is 5.04. The number of carbonyl (C=O) groups is 3. The predicted octanol–water partition coefficient (Wildman–Crippen LogP) is 1.99. The Kier molecular flexibility index (Phi) is 6.30. The molecule has 1 aromatic rings. The summed E-state index contributed by atoms with van der Waals surface area (Å²) in [6.45, 7) is 5.15.